The van der Waals surface area contributed by atoms with Gasteiger partial charge in [0.15, 0.2) is 0 Å². The highest BCUT2D eigenvalue weighted by atomic mass is 16.5. The number of rotatable bonds is 12. The van der Waals surface area contributed by atoms with Gasteiger partial charge in [-0.1, -0.05) is 0 Å². The number of piperidine rings is 2. The fourth-order valence-corrected chi connectivity index (χ4v) is 9.87. The van der Waals surface area contributed by atoms with Crippen LogP contribution in [0.1, 0.15) is 115 Å². The van der Waals surface area contributed by atoms with Gasteiger partial charge in [-0.15, -0.1) is 0 Å². The van der Waals surface area contributed by atoms with Crippen LogP contribution in [0, 0.1) is 17.2 Å². The van der Waals surface area contributed by atoms with Crippen molar-refractivity contribution in [2.45, 2.75) is 114 Å². The molecular formula is C48H52N8O7. The second-order valence-corrected chi connectivity index (χ2v) is 17.8. The normalized spacial score (nSPS) is 24.0. The van der Waals surface area contributed by atoms with Gasteiger partial charge in [0.25, 0.3) is 17.7 Å². The SMILES string of the molecule is CC(C)N(CC1CCN(c2ccc(C(=O)N[C@H]3CC[C@H](Oc4ccc(C#N)c5ncccc45)CC3)cn2)CC1)[C@H]1C[C@@H](Oc2ccc3c(c2)C(=O)N(C2CCC(=O)NC2=O)C3=O)C1. The van der Waals surface area contributed by atoms with Gasteiger partial charge in [0, 0.05) is 74.8 Å². The molecule has 2 aliphatic carbocycles. The first-order valence-corrected chi connectivity index (χ1v) is 22.3. The second-order valence-electron chi connectivity index (χ2n) is 17.8. The van der Waals surface area contributed by atoms with E-state index in [1.165, 1.54) is 0 Å². The minimum absolute atomic E-state index is 0.0130. The average Bonchev–Trinajstić information content (AvgIpc) is 3.52. The number of amides is 5. The molecule has 1 unspecified atom stereocenters. The fraction of sp³-hybridized carbons (Fsp3) is 0.458. The van der Waals surface area contributed by atoms with Crippen LogP contribution in [0.15, 0.2) is 67.0 Å². The zero-order chi connectivity index (χ0) is 43.8. The van der Waals surface area contributed by atoms with E-state index in [9.17, 15) is 29.2 Å². The van der Waals surface area contributed by atoms with Gasteiger partial charge in [0.05, 0.1) is 33.9 Å². The van der Waals surface area contributed by atoms with E-state index >= 15 is 0 Å². The lowest BCUT2D eigenvalue weighted by molar-refractivity contribution is -0.136. The molecule has 3 aliphatic heterocycles. The second kappa shape index (κ2) is 17.8. The Labute approximate surface area is 366 Å². The Hall–Kier alpha value is -6.40. The Kier molecular flexibility index (Phi) is 11.8. The molecule has 4 aromatic rings. The van der Waals surface area contributed by atoms with Crippen molar-refractivity contribution < 1.29 is 33.4 Å². The first kappa shape index (κ1) is 41.9. The zero-order valence-electron chi connectivity index (χ0n) is 35.6. The van der Waals surface area contributed by atoms with Crippen LogP contribution in [0.5, 0.6) is 11.5 Å². The summed E-state index contributed by atoms with van der Waals surface area (Å²) in [6, 6.07) is 18.1. The average molecular weight is 853 g/mol. The number of ether oxygens (including phenoxy) is 2. The standard InChI is InChI=1S/C48H52N8O7/c1-28(2)55(33-22-36(23-33)62-35-11-12-37-39(24-35)48(61)56(47(37)60)40-13-16-43(57)53-46(40)59)27-29-17-20-54(21-18-29)42-15-6-31(26-51-42)45(58)52-32-7-9-34(10-8-32)63-41-14-5-30(25-49)44-38(41)4-3-19-50-44/h3-6,11-12,14-15,19,24,26,28-29,32-34,36,40H,7-10,13,16-18,20-23,27H2,1-2H3,(H,52,58)(H,53,57,59)/t32-,33-,34-,36+,40?. The van der Waals surface area contributed by atoms with E-state index in [1.807, 2.05) is 30.3 Å². The lowest BCUT2D eigenvalue weighted by atomic mass is 9.85. The van der Waals surface area contributed by atoms with Crippen molar-refractivity contribution in [1.82, 2.24) is 30.4 Å². The topological polar surface area (TPSA) is 187 Å². The van der Waals surface area contributed by atoms with Crippen molar-refractivity contribution in [1.29, 1.82) is 5.26 Å². The van der Waals surface area contributed by atoms with Gasteiger partial charge in [-0.3, -0.25) is 44.1 Å². The summed E-state index contributed by atoms with van der Waals surface area (Å²) in [4.78, 5) is 78.6. The lowest BCUT2D eigenvalue weighted by Crippen LogP contribution is -2.54. The summed E-state index contributed by atoms with van der Waals surface area (Å²) in [5, 5.41) is 15.7. The van der Waals surface area contributed by atoms with Crippen LogP contribution in [-0.2, 0) is 9.59 Å². The summed E-state index contributed by atoms with van der Waals surface area (Å²) in [6.07, 6.45) is 10.6. The number of hydrogen-bond acceptors (Lipinski definition) is 12. The fourth-order valence-electron chi connectivity index (χ4n) is 9.87. The number of hydrogen-bond donors (Lipinski definition) is 2. The van der Waals surface area contributed by atoms with Gasteiger partial charge in [0.2, 0.25) is 11.8 Å². The Morgan fingerprint density at radius 2 is 1.68 bits per heavy atom. The molecule has 5 aliphatic rings. The van der Waals surface area contributed by atoms with Crippen molar-refractivity contribution in [2.75, 3.05) is 24.5 Å². The van der Waals surface area contributed by atoms with E-state index in [1.54, 1.807) is 36.7 Å². The van der Waals surface area contributed by atoms with E-state index in [2.05, 4.69) is 45.3 Å². The number of imide groups is 2. The number of fused-ring (bicyclic) bond motifs is 2. The molecule has 5 amide bonds. The van der Waals surface area contributed by atoms with Crippen molar-refractivity contribution in [3.8, 4) is 17.6 Å². The molecule has 9 rings (SSSR count). The molecule has 326 valence electrons. The van der Waals surface area contributed by atoms with Gasteiger partial charge < -0.3 is 19.7 Å². The smallest absolute Gasteiger partial charge is 0.262 e. The Bertz CT molecular complexity index is 2460. The summed E-state index contributed by atoms with van der Waals surface area (Å²) in [7, 11) is 0. The predicted molar refractivity (Wildman–Crippen MR) is 232 cm³/mol. The van der Waals surface area contributed by atoms with Gasteiger partial charge in [-0.25, -0.2) is 4.98 Å². The minimum atomic E-state index is -1.00. The van der Waals surface area contributed by atoms with Crippen LogP contribution in [0.2, 0.25) is 0 Å². The molecule has 5 heterocycles. The Balaban J connectivity index is 0.706. The van der Waals surface area contributed by atoms with E-state index in [4.69, 9.17) is 14.5 Å². The van der Waals surface area contributed by atoms with Crippen molar-refractivity contribution in [3.05, 3.63) is 89.2 Å². The molecule has 2 N–H and O–H groups in total. The minimum Gasteiger partial charge on any atom is -0.490 e. The first-order valence-electron chi connectivity index (χ1n) is 22.3. The molecule has 2 aromatic carbocycles. The van der Waals surface area contributed by atoms with Gasteiger partial charge >= 0.3 is 0 Å². The molecule has 2 saturated heterocycles. The highest BCUT2D eigenvalue weighted by Crippen LogP contribution is 2.36. The van der Waals surface area contributed by atoms with Crippen LogP contribution >= 0.6 is 0 Å². The Morgan fingerprint density at radius 1 is 0.905 bits per heavy atom. The summed E-state index contributed by atoms with van der Waals surface area (Å²) in [5.41, 5.74) is 2.18. The third kappa shape index (κ3) is 8.69. The van der Waals surface area contributed by atoms with Crippen LogP contribution in [0.3, 0.4) is 0 Å². The van der Waals surface area contributed by atoms with Crippen LogP contribution in [0.4, 0.5) is 5.82 Å². The van der Waals surface area contributed by atoms with Crippen molar-refractivity contribution >= 4 is 46.3 Å². The quantitative estimate of drug-likeness (QED) is 0.169. The monoisotopic (exact) mass is 852 g/mol. The molecule has 63 heavy (non-hydrogen) atoms. The maximum absolute atomic E-state index is 13.3. The summed E-state index contributed by atoms with van der Waals surface area (Å²) >= 11 is 0. The van der Waals surface area contributed by atoms with Crippen molar-refractivity contribution in [3.63, 3.8) is 0 Å². The van der Waals surface area contributed by atoms with E-state index < -0.39 is 29.7 Å². The highest BCUT2D eigenvalue weighted by Gasteiger charge is 2.45. The molecule has 0 bridgehead atoms. The molecule has 0 radical (unpaired) electrons. The zero-order valence-corrected chi connectivity index (χ0v) is 35.6. The van der Waals surface area contributed by atoms with Crippen LogP contribution in [0.25, 0.3) is 10.9 Å². The summed E-state index contributed by atoms with van der Waals surface area (Å²) in [6.45, 7) is 7.26. The predicted octanol–water partition coefficient (Wildman–Crippen LogP) is 5.56. The third-order valence-corrected chi connectivity index (χ3v) is 13.5. The molecule has 2 saturated carbocycles. The number of benzene rings is 2. The molecule has 15 nitrogen and oxygen atoms in total. The highest BCUT2D eigenvalue weighted by molar-refractivity contribution is 6.23. The third-order valence-electron chi connectivity index (χ3n) is 13.5. The van der Waals surface area contributed by atoms with E-state index in [-0.39, 0.29) is 48.1 Å². The largest absolute Gasteiger partial charge is 0.490 e. The first-order chi connectivity index (χ1) is 30.5. The van der Waals surface area contributed by atoms with Crippen LogP contribution in [-0.4, -0.2) is 105 Å². The molecule has 1 atom stereocenters. The number of nitriles is 1. The lowest BCUT2D eigenvalue weighted by Gasteiger charge is -2.46. The van der Waals surface area contributed by atoms with Gasteiger partial charge in [-0.2, -0.15) is 5.26 Å². The molecule has 15 heteroatoms. The van der Waals surface area contributed by atoms with Gasteiger partial charge in [0.1, 0.15) is 35.5 Å². The van der Waals surface area contributed by atoms with E-state index in [0.717, 1.165) is 92.9 Å². The maximum atomic E-state index is 13.3. The summed E-state index contributed by atoms with van der Waals surface area (Å²) < 4.78 is 12.7. The van der Waals surface area contributed by atoms with Gasteiger partial charge in [-0.05, 0) is 119 Å². The Morgan fingerprint density at radius 3 is 2.40 bits per heavy atom. The number of pyridine rings is 2. The summed E-state index contributed by atoms with van der Waals surface area (Å²) in [5.74, 6) is 0.459. The number of anilines is 1. The number of carbonyl (C=O) groups is 5. The van der Waals surface area contributed by atoms with E-state index in [0.29, 0.717) is 40.4 Å². The van der Waals surface area contributed by atoms with Crippen molar-refractivity contribution in [2.24, 2.45) is 5.92 Å². The molecule has 4 fully saturated rings. The molecule has 2 aromatic heterocycles. The van der Waals surface area contributed by atoms with Crippen LogP contribution < -0.4 is 25.0 Å². The number of nitrogens with one attached hydrogen (secondary N) is 2. The maximum Gasteiger partial charge on any atom is 0.262 e. The number of aromatic nitrogens is 2. The molecular weight excluding hydrogens is 801 g/mol. The number of carbonyl (C=O) groups excluding carboxylic acids is 5. The molecule has 0 spiro atoms. The number of nitrogens with zero attached hydrogens (tertiary/aromatic N) is 6.